The number of morpholine rings is 1. The minimum absolute atomic E-state index is 0.152. The van der Waals surface area contributed by atoms with Crippen molar-refractivity contribution in [1.29, 1.82) is 0 Å². The highest BCUT2D eigenvalue weighted by molar-refractivity contribution is 5.96. The molecule has 3 aromatic carbocycles. The molecule has 1 saturated carbocycles. The van der Waals surface area contributed by atoms with Crippen molar-refractivity contribution >= 4 is 27.7 Å². The fourth-order valence-corrected chi connectivity index (χ4v) is 6.94. The summed E-state index contributed by atoms with van der Waals surface area (Å²) in [5, 5.41) is 2.36. The zero-order valence-electron chi connectivity index (χ0n) is 24.2. The van der Waals surface area contributed by atoms with Gasteiger partial charge >= 0.3 is 0 Å². The first-order valence-corrected chi connectivity index (χ1v) is 15.2. The van der Waals surface area contributed by atoms with Crippen LogP contribution in [0.3, 0.4) is 0 Å². The number of carbonyl (C=O) groups excluding carboxylic acids is 1. The third-order valence-electron chi connectivity index (χ3n) is 9.03. The van der Waals surface area contributed by atoms with E-state index in [0.717, 1.165) is 39.0 Å². The molecule has 6 heteroatoms. The Morgan fingerprint density at radius 2 is 1.71 bits per heavy atom. The minimum atomic E-state index is 0.152. The van der Waals surface area contributed by atoms with Gasteiger partial charge in [0, 0.05) is 34.9 Å². The molecule has 0 radical (unpaired) electrons. The van der Waals surface area contributed by atoms with Gasteiger partial charge in [0.1, 0.15) is 12.3 Å². The summed E-state index contributed by atoms with van der Waals surface area (Å²) < 4.78 is 13.4. The largest absolute Gasteiger partial charge is 0.496 e. The van der Waals surface area contributed by atoms with Crippen molar-refractivity contribution in [3.63, 3.8) is 0 Å². The lowest BCUT2D eigenvalue weighted by Crippen LogP contribution is -2.42. The molecule has 7 rings (SSSR count). The monoisotopic (exact) mass is 559 g/mol. The molecular formula is C36H37N3O3. The SMILES string of the molecule is COc1ccccc1-c1ccc2cc(-c3c(C4CCCCC4)c4ccccc4n3CC(=O)N3CCOCC3)ccc2n1. The lowest BCUT2D eigenvalue weighted by molar-refractivity contribution is -0.135. The van der Waals surface area contributed by atoms with E-state index in [1.807, 2.05) is 29.2 Å². The molecule has 1 aliphatic heterocycles. The van der Waals surface area contributed by atoms with E-state index >= 15 is 0 Å². The van der Waals surface area contributed by atoms with E-state index in [-0.39, 0.29) is 5.91 Å². The number of benzene rings is 3. The first-order valence-electron chi connectivity index (χ1n) is 15.2. The van der Waals surface area contributed by atoms with E-state index in [9.17, 15) is 4.79 Å². The number of hydrogen-bond donors (Lipinski definition) is 0. The van der Waals surface area contributed by atoms with Crippen molar-refractivity contribution < 1.29 is 14.3 Å². The van der Waals surface area contributed by atoms with Gasteiger partial charge in [-0.3, -0.25) is 4.79 Å². The predicted octanol–water partition coefficient (Wildman–Crippen LogP) is 7.44. The molecule has 0 spiro atoms. The Morgan fingerprint density at radius 3 is 2.55 bits per heavy atom. The van der Waals surface area contributed by atoms with Crippen LogP contribution >= 0.6 is 0 Å². The van der Waals surface area contributed by atoms with Gasteiger partial charge < -0.3 is 18.9 Å². The summed E-state index contributed by atoms with van der Waals surface area (Å²) >= 11 is 0. The average Bonchev–Trinajstić information content (AvgIpc) is 3.38. The summed E-state index contributed by atoms with van der Waals surface area (Å²) in [6.45, 7) is 2.84. The van der Waals surface area contributed by atoms with Crippen LogP contribution in [0.25, 0.3) is 44.3 Å². The second-order valence-electron chi connectivity index (χ2n) is 11.5. The van der Waals surface area contributed by atoms with Gasteiger partial charge in [0.25, 0.3) is 0 Å². The van der Waals surface area contributed by atoms with E-state index in [2.05, 4.69) is 59.2 Å². The highest BCUT2D eigenvalue weighted by Crippen LogP contribution is 2.44. The number of aromatic nitrogens is 2. The maximum absolute atomic E-state index is 13.6. The fraction of sp³-hybridized carbons (Fsp3) is 0.333. The molecule has 0 bridgehead atoms. The molecule has 6 nitrogen and oxygen atoms in total. The Labute approximate surface area is 246 Å². The summed E-state index contributed by atoms with van der Waals surface area (Å²) in [6, 6.07) is 27.5. The van der Waals surface area contributed by atoms with Crippen LogP contribution in [0.2, 0.25) is 0 Å². The Kier molecular flexibility index (Phi) is 7.39. The molecule has 2 aromatic heterocycles. The van der Waals surface area contributed by atoms with Gasteiger partial charge in [-0.25, -0.2) is 4.98 Å². The van der Waals surface area contributed by atoms with Gasteiger partial charge in [-0.05, 0) is 66.3 Å². The zero-order chi connectivity index (χ0) is 28.5. The van der Waals surface area contributed by atoms with Crippen LogP contribution in [0.1, 0.15) is 43.6 Å². The number of nitrogens with zero attached hydrogens (tertiary/aromatic N) is 3. The Hall–Kier alpha value is -4.16. The first-order chi connectivity index (χ1) is 20.7. The van der Waals surface area contributed by atoms with Crippen molar-refractivity contribution in [2.75, 3.05) is 33.4 Å². The molecule has 0 N–H and O–H groups in total. The van der Waals surface area contributed by atoms with Crippen LogP contribution in [0.4, 0.5) is 0 Å². The number of rotatable bonds is 6. The molecule has 0 unspecified atom stereocenters. The Balaban J connectivity index is 1.37. The molecule has 0 atom stereocenters. The lowest BCUT2D eigenvalue weighted by Gasteiger charge is -2.28. The number of ether oxygens (including phenoxy) is 2. The lowest BCUT2D eigenvalue weighted by atomic mass is 9.82. The summed E-state index contributed by atoms with van der Waals surface area (Å²) in [7, 11) is 1.69. The zero-order valence-corrected chi connectivity index (χ0v) is 24.2. The maximum Gasteiger partial charge on any atom is 0.242 e. The third kappa shape index (κ3) is 4.94. The van der Waals surface area contributed by atoms with Crippen molar-refractivity contribution in [3.8, 4) is 28.3 Å². The van der Waals surface area contributed by atoms with Gasteiger partial charge in [-0.1, -0.05) is 61.7 Å². The fourth-order valence-electron chi connectivity index (χ4n) is 6.94. The van der Waals surface area contributed by atoms with E-state index in [1.165, 1.54) is 48.7 Å². The van der Waals surface area contributed by atoms with Crippen LogP contribution in [-0.2, 0) is 16.1 Å². The second-order valence-corrected chi connectivity index (χ2v) is 11.5. The van der Waals surface area contributed by atoms with Crippen molar-refractivity contribution in [3.05, 3.63) is 84.4 Å². The maximum atomic E-state index is 13.6. The normalized spacial score (nSPS) is 16.3. The van der Waals surface area contributed by atoms with Crippen LogP contribution in [-0.4, -0.2) is 53.8 Å². The number of hydrogen-bond acceptors (Lipinski definition) is 4. The summed E-state index contributed by atoms with van der Waals surface area (Å²) in [5.41, 5.74) is 7.67. The number of amides is 1. The van der Waals surface area contributed by atoms with Gasteiger partial charge in [0.05, 0.1) is 37.2 Å². The summed E-state index contributed by atoms with van der Waals surface area (Å²) in [4.78, 5) is 20.6. The molecule has 42 heavy (non-hydrogen) atoms. The van der Waals surface area contributed by atoms with E-state index in [0.29, 0.717) is 38.8 Å². The highest BCUT2D eigenvalue weighted by Gasteiger charge is 2.28. The van der Waals surface area contributed by atoms with Gasteiger partial charge in [-0.2, -0.15) is 0 Å². The van der Waals surface area contributed by atoms with E-state index < -0.39 is 0 Å². The van der Waals surface area contributed by atoms with Crippen molar-refractivity contribution in [2.24, 2.45) is 0 Å². The van der Waals surface area contributed by atoms with E-state index in [4.69, 9.17) is 14.5 Å². The van der Waals surface area contributed by atoms with Crippen molar-refractivity contribution in [2.45, 2.75) is 44.6 Å². The molecule has 3 heterocycles. The molecule has 5 aromatic rings. The summed E-state index contributed by atoms with van der Waals surface area (Å²) in [6.07, 6.45) is 6.19. The molecular weight excluding hydrogens is 522 g/mol. The number of pyridine rings is 1. The third-order valence-corrected chi connectivity index (χ3v) is 9.03. The molecule has 214 valence electrons. The van der Waals surface area contributed by atoms with E-state index in [1.54, 1.807) is 7.11 Å². The smallest absolute Gasteiger partial charge is 0.242 e. The van der Waals surface area contributed by atoms with Crippen LogP contribution < -0.4 is 4.74 Å². The molecule has 1 saturated heterocycles. The average molecular weight is 560 g/mol. The quantitative estimate of drug-likeness (QED) is 0.217. The predicted molar refractivity (Wildman–Crippen MR) is 168 cm³/mol. The molecule has 1 aliphatic carbocycles. The van der Waals surface area contributed by atoms with Crippen LogP contribution in [0.5, 0.6) is 5.75 Å². The number of methoxy groups -OCH3 is 1. The Morgan fingerprint density at radius 1 is 0.929 bits per heavy atom. The molecule has 1 amide bonds. The van der Waals surface area contributed by atoms with Crippen LogP contribution in [0, 0.1) is 0 Å². The Bertz CT molecular complexity index is 1750. The highest BCUT2D eigenvalue weighted by atomic mass is 16.5. The van der Waals surface area contributed by atoms with Gasteiger partial charge in [-0.15, -0.1) is 0 Å². The topological polar surface area (TPSA) is 56.6 Å². The second kappa shape index (κ2) is 11.6. The number of fused-ring (bicyclic) bond motifs is 2. The molecule has 2 fully saturated rings. The standard InChI is InChI=1S/C36H37N3O3/c1-41-33-14-8-6-11-28(33)31-18-15-26-23-27(16-17-30(26)37-31)36-35(25-9-3-2-4-10-25)29-12-5-7-13-32(29)39(36)24-34(40)38-19-21-42-22-20-38/h5-8,11-18,23,25H,2-4,9-10,19-22,24H2,1H3. The van der Waals surface area contributed by atoms with Crippen LogP contribution in [0.15, 0.2) is 78.9 Å². The minimum Gasteiger partial charge on any atom is -0.496 e. The first kappa shape index (κ1) is 26.7. The number of para-hydroxylation sites is 2. The number of carbonyl (C=O) groups is 1. The molecule has 2 aliphatic rings. The van der Waals surface area contributed by atoms with Gasteiger partial charge in [0.15, 0.2) is 0 Å². The van der Waals surface area contributed by atoms with Crippen molar-refractivity contribution in [1.82, 2.24) is 14.5 Å². The summed E-state index contributed by atoms with van der Waals surface area (Å²) in [5.74, 6) is 1.45. The van der Waals surface area contributed by atoms with Gasteiger partial charge in [0.2, 0.25) is 5.91 Å².